The monoisotopic (exact) mass is 352 g/mol. The highest BCUT2D eigenvalue weighted by atomic mass is 32.2. The zero-order valence-electron chi connectivity index (χ0n) is 13.8. The van der Waals surface area contributed by atoms with Crippen molar-refractivity contribution >= 4 is 11.8 Å². The molecular weight excluding hydrogens is 336 g/mol. The van der Waals surface area contributed by atoms with Crippen molar-refractivity contribution in [3.8, 4) is 34.6 Å². The molecule has 0 spiro atoms. The summed E-state index contributed by atoms with van der Waals surface area (Å²) < 4.78 is 12.6. The molecule has 0 saturated carbocycles. The Kier molecular flexibility index (Phi) is 5.21. The predicted molar refractivity (Wildman–Crippen MR) is 96.2 cm³/mol. The van der Waals surface area contributed by atoms with Crippen LogP contribution < -0.4 is 9.47 Å². The fraction of sp³-hybridized carbons (Fsp3) is 0.167. The molecule has 6 nitrogen and oxygen atoms in total. The summed E-state index contributed by atoms with van der Waals surface area (Å²) >= 11 is 1.34. The summed E-state index contributed by atoms with van der Waals surface area (Å²) in [7, 11) is 3.19. The van der Waals surface area contributed by atoms with Crippen LogP contribution in [-0.2, 0) is 0 Å². The smallest absolute Gasteiger partial charge is 0.197 e. The van der Waals surface area contributed by atoms with Gasteiger partial charge in [0.15, 0.2) is 22.5 Å². The highest BCUT2D eigenvalue weighted by Crippen LogP contribution is 2.33. The van der Waals surface area contributed by atoms with E-state index in [4.69, 9.17) is 14.7 Å². The van der Waals surface area contributed by atoms with Crippen LogP contribution >= 0.6 is 11.8 Å². The van der Waals surface area contributed by atoms with E-state index in [0.29, 0.717) is 28.2 Å². The Morgan fingerprint density at radius 2 is 1.80 bits per heavy atom. The van der Waals surface area contributed by atoms with E-state index < -0.39 is 0 Å². The van der Waals surface area contributed by atoms with Crippen LogP contribution in [0.4, 0.5) is 0 Å². The first kappa shape index (κ1) is 16.9. The highest BCUT2D eigenvalue weighted by Gasteiger charge is 2.17. The molecule has 0 aliphatic carbocycles. The van der Waals surface area contributed by atoms with Gasteiger partial charge in [-0.25, -0.2) is 0 Å². The van der Waals surface area contributed by atoms with Crippen LogP contribution in [0.3, 0.4) is 0 Å². The second kappa shape index (κ2) is 7.73. The number of aromatic nitrogens is 3. The topological polar surface area (TPSA) is 73.0 Å². The SMILES string of the molecule is COc1ccc(-n2c(SCC#N)nnc2-c2ccccc2)cc1OC. The Morgan fingerprint density at radius 1 is 1.04 bits per heavy atom. The van der Waals surface area contributed by atoms with Gasteiger partial charge in [0, 0.05) is 11.6 Å². The molecule has 0 aliphatic rings. The number of nitriles is 1. The molecular formula is C18H16N4O2S. The maximum atomic E-state index is 8.90. The number of benzene rings is 2. The van der Waals surface area contributed by atoms with Gasteiger partial charge in [0.05, 0.1) is 31.7 Å². The lowest BCUT2D eigenvalue weighted by atomic mass is 10.2. The van der Waals surface area contributed by atoms with Gasteiger partial charge in [-0.15, -0.1) is 10.2 Å². The summed E-state index contributed by atoms with van der Waals surface area (Å²) in [5.74, 6) is 2.25. The fourth-order valence-electron chi connectivity index (χ4n) is 2.43. The fourth-order valence-corrected chi connectivity index (χ4v) is 3.04. The molecule has 1 aromatic heterocycles. The van der Waals surface area contributed by atoms with Gasteiger partial charge >= 0.3 is 0 Å². The summed E-state index contributed by atoms with van der Waals surface area (Å²) in [5.41, 5.74) is 1.77. The van der Waals surface area contributed by atoms with Gasteiger partial charge in [-0.3, -0.25) is 4.57 Å². The number of hydrogen-bond acceptors (Lipinski definition) is 6. The van der Waals surface area contributed by atoms with Crippen LogP contribution in [0, 0.1) is 11.3 Å². The van der Waals surface area contributed by atoms with Crippen molar-refractivity contribution < 1.29 is 9.47 Å². The molecule has 0 saturated heterocycles. The minimum atomic E-state index is 0.292. The molecule has 0 aliphatic heterocycles. The van der Waals surface area contributed by atoms with Crippen LogP contribution in [-0.4, -0.2) is 34.7 Å². The standard InChI is InChI=1S/C18H16N4O2S/c1-23-15-9-8-14(12-16(15)24-2)22-17(13-6-4-3-5-7-13)20-21-18(22)25-11-10-19/h3-9,12H,11H2,1-2H3. The number of rotatable bonds is 6. The van der Waals surface area contributed by atoms with E-state index in [1.165, 1.54) is 11.8 Å². The van der Waals surface area contributed by atoms with Crippen LogP contribution in [0.1, 0.15) is 0 Å². The Balaban J connectivity index is 2.16. The minimum absolute atomic E-state index is 0.292. The van der Waals surface area contributed by atoms with E-state index in [1.807, 2.05) is 53.1 Å². The second-order valence-corrected chi connectivity index (χ2v) is 5.94. The van der Waals surface area contributed by atoms with Gasteiger partial charge in [-0.1, -0.05) is 42.1 Å². The van der Waals surface area contributed by atoms with Crippen LogP contribution in [0.5, 0.6) is 11.5 Å². The summed E-state index contributed by atoms with van der Waals surface area (Å²) in [6.07, 6.45) is 0. The van der Waals surface area contributed by atoms with Crippen molar-refractivity contribution in [2.24, 2.45) is 0 Å². The van der Waals surface area contributed by atoms with Crippen LogP contribution in [0.25, 0.3) is 17.1 Å². The highest BCUT2D eigenvalue weighted by molar-refractivity contribution is 7.99. The van der Waals surface area contributed by atoms with Gasteiger partial charge in [-0.2, -0.15) is 5.26 Å². The summed E-state index contributed by atoms with van der Waals surface area (Å²) in [4.78, 5) is 0. The lowest BCUT2D eigenvalue weighted by molar-refractivity contribution is 0.355. The van der Waals surface area contributed by atoms with E-state index >= 15 is 0 Å². The van der Waals surface area contributed by atoms with E-state index in [9.17, 15) is 0 Å². The quantitative estimate of drug-likeness (QED) is 0.632. The first-order valence-corrected chi connectivity index (χ1v) is 8.50. The average molecular weight is 352 g/mol. The first-order valence-electron chi connectivity index (χ1n) is 7.51. The third-order valence-corrected chi connectivity index (χ3v) is 4.35. The molecule has 0 amide bonds. The van der Waals surface area contributed by atoms with E-state index in [1.54, 1.807) is 14.2 Å². The molecule has 25 heavy (non-hydrogen) atoms. The Morgan fingerprint density at radius 3 is 2.48 bits per heavy atom. The molecule has 0 bridgehead atoms. The molecule has 7 heteroatoms. The van der Waals surface area contributed by atoms with Crippen molar-refractivity contribution in [2.75, 3.05) is 20.0 Å². The third kappa shape index (κ3) is 3.44. The predicted octanol–water partition coefficient (Wildman–Crippen LogP) is 3.57. The lowest BCUT2D eigenvalue weighted by Gasteiger charge is -2.13. The number of hydrogen-bond donors (Lipinski definition) is 0. The Bertz CT molecular complexity index is 903. The molecule has 2 aromatic carbocycles. The van der Waals surface area contributed by atoms with E-state index in [0.717, 1.165) is 11.3 Å². The van der Waals surface area contributed by atoms with Crippen molar-refractivity contribution in [3.05, 3.63) is 48.5 Å². The molecule has 0 unspecified atom stereocenters. The number of methoxy groups -OCH3 is 2. The Labute approximate surface area is 150 Å². The number of thioether (sulfide) groups is 1. The normalized spacial score (nSPS) is 10.3. The molecule has 3 rings (SSSR count). The zero-order chi connectivity index (χ0) is 17.6. The average Bonchev–Trinajstić information content (AvgIpc) is 3.10. The summed E-state index contributed by atoms with van der Waals surface area (Å²) in [6, 6.07) is 17.5. The third-order valence-electron chi connectivity index (χ3n) is 3.56. The van der Waals surface area contributed by atoms with Gasteiger partial charge in [-0.05, 0) is 12.1 Å². The summed E-state index contributed by atoms with van der Waals surface area (Å²) in [5, 5.41) is 18.1. The van der Waals surface area contributed by atoms with Crippen molar-refractivity contribution in [2.45, 2.75) is 5.16 Å². The van der Waals surface area contributed by atoms with Crippen molar-refractivity contribution in [1.82, 2.24) is 14.8 Å². The minimum Gasteiger partial charge on any atom is -0.493 e. The molecule has 0 atom stereocenters. The maximum absolute atomic E-state index is 8.90. The molecule has 126 valence electrons. The first-order chi connectivity index (χ1) is 12.3. The molecule has 0 fully saturated rings. The molecule has 0 N–H and O–H groups in total. The number of ether oxygens (including phenoxy) is 2. The van der Waals surface area contributed by atoms with E-state index in [2.05, 4.69) is 16.3 Å². The second-order valence-electron chi connectivity index (χ2n) is 4.99. The molecule has 0 radical (unpaired) electrons. The molecule has 3 aromatic rings. The van der Waals surface area contributed by atoms with E-state index in [-0.39, 0.29) is 0 Å². The maximum Gasteiger partial charge on any atom is 0.197 e. The Hall–Kier alpha value is -2.98. The zero-order valence-corrected chi connectivity index (χ0v) is 14.7. The largest absolute Gasteiger partial charge is 0.493 e. The van der Waals surface area contributed by atoms with Crippen molar-refractivity contribution in [1.29, 1.82) is 5.26 Å². The number of nitrogens with zero attached hydrogens (tertiary/aromatic N) is 4. The van der Waals surface area contributed by atoms with Gasteiger partial charge < -0.3 is 9.47 Å². The lowest BCUT2D eigenvalue weighted by Crippen LogP contribution is -2.01. The molecule has 1 heterocycles. The van der Waals surface area contributed by atoms with Crippen molar-refractivity contribution in [3.63, 3.8) is 0 Å². The van der Waals surface area contributed by atoms with Gasteiger partial charge in [0.2, 0.25) is 0 Å². The summed E-state index contributed by atoms with van der Waals surface area (Å²) in [6.45, 7) is 0. The van der Waals surface area contributed by atoms with Crippen LogP contribution in [0.15, 0.2) is 53.7 Å². The van der Waals surface area contributed by atoms with Gasteiger partial charge in [0.1, 0.15) is 0 Å². The van der Waals surface area contributed by atoms with Crippen LogP contribution in [0.2, 0.25) is 0 Å². The van der Waals surface area contributed by atoms with Gasteiger partial charge in [0.25, 0.3) is 0 Å².